The Balaban J connectivity index is 0. The molecule has 0 aromatic rings. The second-order valence-corrected chi connectivity index (χ2v) is 0. The molecule has 1 nitrogen and oxygen atoms in total. The fraction of sp³-hybridized carbons (Fsp3) is 0. The zero-order valence-electron chi connectivity index (χ0n) is 1.54. The van der Waals surface area contributed by atoms with E-state index in [1.165, 1.54) is 0 Å². The molecule has 0 rings (SSSR count). The van der Waals surface area contributed by atoms with Crippen LogP contribution in [0.25, 0.3) is 0 Å². The van der Waals surface area contributed by atoms with E-state index in [-0.39, 0.29) is 122 Å². The van der Waals surface area contributed by atoms with Gasteiger partial charge in [-0.2, -0.15) is 0 Å². The van der Waals surface area contributed by atoms with Gasteiger partial charge in [0.25, 0.3) is 0 Å². The van der Waals surface area contributed by atoms with Gasteiger partial charge in [0.15, 0.2) is 0 Å². The smallest absolute Gasteiger partial charge is 2.00 e. The molecule has 0 spiro atoms. The largest absolute Gasteiger partial charge is 3.00 e. The van der Waals surface area contributed by atoms with Crippen LogP contribution < -0.4 is 0 Å². The van der Waals surface area contributed by atoms with Crippen LogP contribution in [0.2, 0.25) is 0 Å². The Bertz CT molecular complexity index is 8.00. The third-order valence-electron chi connectivity index (χ3n) is 0. The first-order chi connectivity index (χ1) is 0. The summed E-state index contributed by atoms with van der Waals surface area (Å²) in [6.07, 6.45) is 0. The molecule has 0 aliphatic heterocycles. The summed E-state index contributed by atoms with van der Waals surface area (Å²) in [7, 11) is 0. The first-order valence-corrected chi connectivity index (χ1v) is 0. The standard InChI is InChI=1S/Er.O.Y.Yb/q+3;-2;2*+3. The Morgan fingerprint density at radius 1 is 1.00 bits per heavy atom. The van der Waals surface area contributed by atoms with Crippen molar-refractivity contribution in [2.24, 2.45) is 0 Å². The molecule has 4 heteroatoms. The van der Waals surface area contributed by atoms with Crippen molar-refractivity contribution >= 4 is 0 Å². The molecule has 0 fully saturated rings. The van der Waals surface area contributed by atoms with E-state index in [0.29, 0.717) is 0 Å². The van der Waals surface area contributed by atoms with Crippen molar-refractivity contribution in [3.05, 3.63) is 0 Å². The predicted molar refractivity (Wildman–Crippen MR) is 0.686 cm³/mol. The fourth-order valence-electron chi connectivity index (χ4n) is 0. The van der Waals surface area contributed by atoms with Gasteiger partial charge < -0.3 is 5.48 Å². The van der Waals surface area contributed by atoms with E-state index in [1.807, 2.05) is 0 Å². The Morgan fingerprint density at radius 3 is 1.00 bits per heavy atom. The zero-order chi connectivity index (χ0) is 0. The van der Waals surface area contributed by atoms with Crippen LogP contribution in [-0.2, 0) is 38.2 Å². The SMILES string of the molecule is [Er+3].[O-2].[Y+3].[Yb+3]. The molecule has 0 aliphatic rings. The van der Waals surface area contributed by atoms with Crippen molar-refractivity contribution in [1.29, 1.82) is 0 Å². The maximum Gasteiger partial charge on any atom is 3.00 e. The Labute approximate surface area is 119 Å². The summed E-state index contributed by atoms with van der Waals surface area (Å²) in [5, 5.41) is 0. The van der Waals surface area contributed by atoms with Crippen LogP contribution in [-0.4, -0.2) is 0 Å². The molecular formula is ErOYYb+7. The van der Waals surface area contributed by atoms with E-state index in [4.69, 9.17) is 0 Å². The molecule has 2 radical (unpaired) electrons. The van der Waals surface area contributed by atoms with Gasteiger partial charge in [0, 0.05) is 0 Å². The summed E-state index contributed by atoms with van der Waals surface area (Å²) < 4.78 is 0. The van der Waals surface area contributed by atoms with Crippen LogP contribution in [0.15, 0.2) is 0 Å². The van der Waals surface area contributed by atoms with Gasteiger partial charge >= 0.3 is 117 Å². The van der Waals surface area contributed by atoms with Crippen LogP contribution in [0.3, 0.4) is 0 Å². The molecule has 28 valence electrons. The zero-order valence-corrected chi connectivity index (χ0v) is 7.95. The van der Waals surface area contributed by atoms with Gasteiger partial charge in [-0.05, 0) is 0 Å². The second kappa shape index (κ2) is 15.8. The fourth-order valence-corrected chi connectivity index (χ4v) is 0. The third kappa shape index (κ3) is 9.27. The van der Waals surface area contributed by atoms with Gasteiger partial charge in [0.2, 0.25) is 0 Å². The summed E-state index contributed by atoms with van der Waals surface area (Å²) in [5.74, 6) is 0. The normalized spacial score (nSPS) is 0. The van der Waals surface area contributed by atoms with Crippen molar-refractivity contribution in [1.82, 2.24) is 0 Å². The molecule has 0 aromatic heterocycles. The number of hydrogen-bond donors (Lipinski definition) is 0. The van der Waals surface area contributed by atoms with Crippen molar-refractivity contribution < 1.29 is 122 Å². The van der Waals surface area contributed by atoms with Gasteiger partial charge in [-0.1, -0.05) is 0 Å². The van der Waals surface area contributed by atoms with Crippen LogP contribution in [0.1, 0.15) is 0 Å². The number of rotatable bonds is 0. The average molecular weight is 445 g/mol. The summed E-state index contributed by atoms with van der Waals surface area (Å²) in [5.41, 5.74) is 0. The molecule has 0 bridgehead atoms. The summed E-state index contributed by atoms with van der Waals surface area (Å²) in [4.78, 5) is 0. The Hall–Kier alpha value is 3.83. The molecule has 0 aromatic carbocycles. The van der Waals surface area contributed by atoms with E-state index < -0.39 is 0 Å². The van der Waals surface area contributed by atoms with Crippen LogP contribution in [0.4, 0.5) is 0 Å². The molecule has 0 N–H and O–H groups in total. The van der Waals surface area contributed by atoms with Crippen LogP contribution in [0, 0.1) is 84.2 Å². The molecule has 0 saturated heterocycles. The topological polar surface area (TPSA) is 28.5 Å². The Kier molecular flexibility index (Phi) is 98.5. The van der Waals surface area contributed by atoms with Gasteiger partial charge in [-0.3, -0.25) is 0 Å². The maximum atomic E-state index is 0. The molecule has 0 heterocycles. The van der Waals surface area contributed by atoms with Crippen molar-refractivity contribution in [3.63, 3.8) is 0 Å². The monoisotopic (exact) mass is 445 g/mol. The first-order valence-electron chi connectivity index (χ1n) is 0. The minimum absolute atomic E-state index is 0. The third-order valence-corrected chi connectivity index (χ3v) is 0. The van der Waals surface area contributed by atoms with Crippen molar-refractivity contribution in [3.8, 4) is 0 Å². The molecule has 4 heavy (non-hydrogen) atoms. The van der Waals surface area contributed by atoms with Crippen molar-refractivity contribution in [2.75, 3.05) is 0 Å². The van der Waals surface area contributed by atoms with Gasteiger partial charge in [0.1, 0.15) is 0 Å². The van der Waals surface area contributed by atoms with E-state index in [1.54, 1.807) is 0 Å². The predicted octanol–water partition coefficient (Wildman–Crippen LogP) is -0.121. The summed E-state index contributed by atoms with van der Waals surface area (Å²) in [6.45, 7) is 0. The van der Waals surface area contributed by atoms with Crippen molar-refractivity contribution in [2.45, 2.75) is 0 Å². The summed E-state index contributed by atoms with van der Waals surface area (Å²) >= 11 is 0. The van der Waals surface area contributed by atoms with E-state index in [0.717, 1.165) is 0 Å². The maximum absolute atomic E-state index is 0. The van der Waals surface area contributed by atoms with Crippen LogP contribution in [0.5, 0.6) is 0 Å². The van der Waals surface area contributed by atoms with Crippen LogP contribution >= 0.6 is 0 Å². The van der Waals surface area contributed by atoms with Gasteiger partial charge in [-0.15, -0.1) is 0 Å². The molecule has 0 aliphatic carbocycles. The van der Waals surface area contributed by atoms with E-state index >= 15 is 0 Å². The van der Waals surface area contributed by atoms with E-state index in [2.05, 4.69) is 0 Å². The quantitative estimate of drug-likeness (QED) is 0.498. The Morgan fingerprint density at radius 2 is 1.00 bits per heavy atom. The molecular weight excluding hydrogens is 445 g/mol. The molecule has 0 saturated carbocycles. The first kappa shape index (κ1) is 24.9. The molecule has 0 unspecified atom stereocenters. The van der Waals surface area contributed by atoms with Gasteiger partial charge in [0.05, 0.1) is 0 Å². The molecule has 0 amide bonds. The number of hydrogen-bond acceptors (Lipinski definition) is 0. The second-order valence-electron chi connectivity index (χ2n) is 0. The molecule has 0 atom stereocenters. The minimum atomic E-state index is 0. The summed E-state index contributed by atoms with van der Waals surface area (Å²) in [6, 6.07) is 0. The minimum Gasteiger partial charge on any atom is -2.00 e. The van der Waals surface area contributed by atoms with Gasteiger partial charge in [-0.25, -0.2) is 0 Å². The average Bonchev–Trinajstić information content (AvgIpc) is 0. The van der Waals surface area contributed by atoms with E-state index in [9.17, 15) is 0 Å².